The van der Waals surface area contributed by atoms with Crippen LogP contribution in [0.3, 0.4) is 0 Å². The van der Waals surface area contributed by atoms with Crippen LogP contribution in [0.2, 0.25) is 10.0 Å². The molecule has 0 radical (unpaired) electrons. The summed E-state index contributed by atoms with van der Waals surface area (Å²) in [6.07, 6.45) is 2.65. The maximum Gasteiger partial charge on any atom is 0.193 e. The fraction of sp³-hybridized carbons (Fsp3) is 0.294. The summed E-state index contributed by atoms with van der Waals surface area (Å²) in [5, 5.41) is 4.47. The number of guanidine groups is 1. The van der Waals surface area contributed by atoms with Gasteiger partial charge in [-0.3, -0.25) is 9.98 Å². The first kappa shape index (κ1) is 21.0. The van der Waals surface area contributed by atoms with Crippen LogP contribution < -0.4 is 5.32 Å². The first-order chi connectivity index (χ1) is 11.1. The molecule has 2 rings (SSSR count). The third-order valence-corrected chi connectivity index (χ3v) is 4.11. The molecule has 0 amide bonds. The quantitative estimate of drug-likeness (QED) is 0.396. The van der Waals surface area contributed by atoms with Crippen LogP contribution in [0.25, 0.3) is 0 Å². The summed E-state index contributed by atoms with van der Waals surface area (Å²) in [6.45, 7) is 1.47. The molecule has 2 aromatic rings. The van der Waals surface area contributed by atoms with Crippen molar-refractivity contribution in [1.82, 2.24) is 15.2 Å². The Kier molecular flexibility index (Phi) is 9.39. The minimum atomic E-state index is 0. The topological polar surface area (TPSA) is 40.5 Å². The van der Waals surface area contributed by atoms with E-state index in [2.05, 4.69) is 15.3 Å². The predicted molar refractivity (Wildman–Crippen MR) is 113 cm³/mol. The molecule has 130 valence electrons. The van der Waals surface area contributed by atoms with Crippen molar-refractivity contribution in [1.29, 1.82) is 0 Å². The van der Waals surface area contributed by atoms with Gasteiger partial charge in [0, 0.05) is 45.5 Å². The van der Waals surface area contributed by atoms with Crippen LogP contribution in [0.1, 0.15) is 11.3 Å². The van der Waals surface area contributed by atoms with Gasteiger partial charge in [0.25, 0.3) is 0 Å². The highest BCUT2D eigenvalue weighted by atomic mass is 127. The van der Waals surface area contributed by atoms with Crippen molar-refractivity contribution in [3.63, 3.8) is 0 Å². The lowest BCUT2D eigenvalue weighted by Gasteiger charge is -2.22. The number of pyridine rings is 1. The number of aromatic nitrogens is 1. The third-order valence-electron chi connectivity index (χ3n) is 3.37. The smallest absolute Gasteiger partial charge is 0.193 e. The maximum atomic E-state index is 6.06. The molecule has 0 bridgehead atoms. The van der Waals surface area contributed by atoms with E-state index in [1.807, 2.05) is 48.3 Å². The van der Waals surface area contributed by atoms with Crippen LogP contribution in [0.4, 0.5) is 0 Å². The summed E-state index contributed by atoms with van der Waals surface area (Å²) in [5.74, 6) is 0.826. The SMILES string of the molecule is CN=C(NCCc1ccccn1)N(C)Cc1ccc(Cl)c(Cl)c1.I. The van der Waals surface area contributed by atoms with Gasteiger partial charge in [-0.2, -0.15) is 0 Å². The van der Waals surface area contributed by atoms with Gasteiger partial charge in [-0.1, -0.05) is 35.3 Å². The Bertz CT molecular complexity index is 665. The van der Waals surface area contributed by atoms with Gasteiger partial charge in [0.05, 0.1) is 10.0 Å². The number of hydrogen-bond donors (Lipinski definition) is 1. The lowest BCUT2D eigenvalue weighted by atomic mass is 10.2. The van der Waals surface area contributed by atoms with E-state index < -0.39 is 0 Å². The zero-order chi connectivity index (χ0) is 16.7. The van der Waals surface area contributed by atoms with Crippen molar-refractivity contribution in [2.24, 2.45) is 4.99 Å². The molecule has 1 aromatic heterocycles. The lowest BCUT2D eigenvalue weighted by molar-refractivity contribution is 0.477. The number of hydrogen-bond acceptors (Lipinski definition) is 2. The van der Waals surface area contributed by atoms with E-state index in [1.54, 1.807) is 13.2 Å². The molecule has 0 aliphatic rings. The molecule has 0 saturated carbocycles. The minimum absolute atomic E-state index is 0. The molecule has 0 saturated heterocycles. The van der Waals surface area contributed by atoms with Gasteiger partial charge in [-0.15, -0.1) is 24.0 Å². The zero-order valence-electron chi connectivity index (χ0n) is 13.7. The Hall–Kier alpha value is -1.05. The third kappa shape index (κ3) is 6.45. The largest absolute Gasteiger partial charge is 0.356 e. The summed E-state index contributed by atoms with van der Waals surface area (Å²) < 4.78 is 0. The lowest BCUT2D eigenvalue weighted by Crippen LogP contribution is -2.39. The standard InChI is InChI=1S/C17H20Cl2N4.HI/c1-20-17(22-10-8-14-5-3-4-9-21-14)23(2)12-13-6-7-15(18)16(19)11-13;/h3-7,9,11H,8,10,12H2,1-2H3,(H,20,22);1H. The molecule has 24 heavy (non-hydrogen) atoms. The van der Waals surface area contributed by atoms with E-state index in [4.69, 9.17) is 23.2 Å². The Balaban J connectivity index is 0.00000288. The number of nitrogens with one attached hydrogen (secondary N) is 1. The van der Waals surface area contributed by atoms with E-state index in [0.717, 1.165) is 30.2 Å². The van der Waals surface area contributed by atoms with Crippen molar-refractivity contribution in [2.45, 2.75) is 13.0 Å². The molecule has 0 spiro atoms. The van der Waals surface area contributed by atoms with Crippen molar-refractivity contribution in [2.75, 3.05) is 20.6 Å². The first-order valence-corrected chi connectivity index (χ1v) is 8.11. The first-order valence-electron chi connectivity index (χ1n) is 7.36. The summed E-state index contributed by atoms with van der Waals surface area (Å²) in [7, 11) is 3.76. The van der Waals surface area contributed by atoms with E-state index >= 15 is 0 Å². The average Bonchev–Trinajstić information content (AvgIpc) is 2.56. The molecule has 1 aromatic carbocycles. The molecule has 0 aliphatic heterocycles. The molecule has 0 unspecified atom stereocenters. The Morgan fingerprint density at radius 3 is 2.62 bits per heavy atom. The molecule has 0 atom stereocenters. The van der Waals surface area contributed by atoms with Crippen LogP contribution in [0.5, 0.6) is 0 Å². The van der Waals surface area contributed by atoms with Gasteiger partial charge < -0.3 is 10.2 Å². The molecular weight excluding hydrogens is 458 g/mol. The summed E-state index contributed by atoms with van der Waals surface area (Å²) in [4.78, 5) is 10.7. The second-order valence-corrected chi connectivity index (χ2v) is 5.96. The molecule has 7 heteroatoms. The average molecular weight is 479 g/mol. The predicted octanol–water partition coefficient (Wildman–Crippen LogP) is 4.26. The number of benzene rings is 1. The van der Waals surface area contributed by atoms with E-state index in [1.165, 1.54) is 0 Å². The second kappa shape index (κ2) is 10.7. The molecule has 1 heterocycles. The van der Waals surface area contributed by atoms with Gasteiger partial charge >= 0.3 is 0 Å². The number of nitrogens with zero attached hydrogens (tertiary/aromatic N) is 3. The molecule has 0 fully saturated rings. The molecule has 0 aliphatic carbocycles. The number of aliphatic imine (C=N–C) groups is 1. The Morgan fingerprint density at radius 1 is 1.21 bits per heavy atom. The monoisotopic (exact) mass is 478 g/mol. The fourth-order valence-corrected chi connectivity index (χ4v) is 2.54. The van der Waals surface area contributed by atoms with Gasteiger partial charge in [-0.25, -0.2) is 0 Å². The van der Waals surface area contributed by atoms with Crippen LogP contribution in [-0.2, 0) is 13.0 Å². The molecule has 1 N–H and O–H groups in total. The normalized spacial score (nSPS) is 10.9. The van der Waals surface area contributed by atoms with Crippen LogP contribution >= 0.6 is 47.2 Å². The minimum Gasteiger partial charge on any atom is -0.356 e. The molecule has 4 nitrogen and oxygen atoms in total. The highest BCUT2D eigenvalue weighted by Gasteiger charge is 2.08. The van der Waals surface area contributed by atoms with Crippen LogP contribution in [0, 0.1) is 0 Å². The van der Waals surface area contributed by atoms with Gasteiger partial charge in [0.1, 0.15) is 0 Å². The summed E-state index contributed by atoms with van der Waals surface area (Å²) in [5.41, 5.74) is 2.14. The fourth-order valence-electron chi connectivity index (χ4n) is 2.22. The van der Waals surface area contributed by atoms with E-state index in [9.17, 15) is 0 Å². The van der Waals surface area contributed by atoms with Gasteiger partial charge in [-0.05, 0) is 29.8 Å². The Labute approximate surface area is 170 Å². The maximum absolute atomic E-state index is 6.06. The molecular formula is C17H21Cl2IN4. The Morgan fingerprint density at radius 2 is 2.00 bits per heavy atom. The zero-order valence-corrected chi connectivity index (χ0v) is 17.5. The van der Waals surface area contributed by atoms with Crippen molar-refractivity contribution in [3.05, 3.63) is 63.9 Å². The number of rotatable bonds is 5. The van der Waals surface area contributed by atoms with Crippen molar-refractivity contribution in [3.8, 4) is 0 Å². The van der Waals surface area contributed by atoms with Crippen molar-refractivity contribution >= 4 is 53.1 Å². The summed E-state index contributed by atoms with van der Waals surface area (Å²) >= 11 is 12.0. The van der Waals surface area contributed by atoms with Gasteiger partial charge in [0.2, 0.25) is 0 Å². The van der Waals surface area contributed by atoms with E-state index in [-0.39, 0.29) is 24.0 Å². The van der Waals surface area contributed by atoms with Crippen LogP contribution in [0.15, 0.2) is 47.6 Å². The van der Waals surface area contributed by atoms with Crippen molar-refractivity contribution < 1.29 is 0 Å². The highest BCUT2D eigenvalue weighted by molar-refractivity contribution is 14.0. The van der Waals surface area contributed by atoms with Gasteiger partial charge in [0.15, 0.2) is 5.96 Å². The van der Waals surface area contributed by atoms with Crippen LogP contribution in [-0.4, -0.2) is 36.5 Å². The van der Waals surface area contributed by atoms with E-state index in [0.29, 0.717) is 16.6 Å². The summed E-state index contributed by atoms with van der Waals surface area (Å²) in [6, 6.07) is 11.6. The second-order valence-electron chi connectivity index (χ2n) is 5.15. The number of halogens is 3. The highest BCUT2D eigenvalue weighted by Crippen LogP contribution is 2.23.